The number of hydrogen-bond acceptors (Lipinski definition) is 1. The van der Waals surface area contributed by atoms with Crippen molar-refractivity contribution in [1.29, 1.82) is 0 Å². The van der Waals surface area contributed by atoms with Gasteiger partial charge in [0.25, 0.3) is 0 Å². The van der Waals surface area contributed by atoms with Crippen molar-refractivity contribution in [2.75, 3.05) is 13.1 Å². The first-order valence-electron chi connectivity index (χ1n) is 6.76. The zero-order chi connectivity index (χ0) is 12.2. The third-order valence-corrected chi connectivity index (χ3v) is 2.87. The van der Waals surface area contributed by atoms with Gasteiger partial charge in [-0.05, 0) is 12.8 Å². The minimum absolute atomic E-state index is 0. The average molecular weight is 265 g/mol. The minimum Gasteiger partial charge on any atom is -0.351 e. The highest BCUT2D eigenvalue weighted by atomic mass is 35.5. The molecule has 0 aliphatic rings. The number of nitrogens with zero attached hydrogens (tertiary/aromatic N) is 1. The van der Waals surface area contributed by atoms with E-state index in [2.05, 4.69) is 13.8 Å². The first kappa shape index (κ1) is 18.9. The van der Waals surface area contributed by atoms with Gasteiger partial charge in [-0.1, -0.05) is 52.4 Å². The van der Waals surface area contributed by atoms with Crippen LogP contribution in [-0.2, 0) is 0 Å². The Bertz CT molecular complexity index is 165. The molecule has 0 fully saturated rings. The second-order valence-electron chi connectivity index (χ2n) is 4.45. The molecule has 0 aromatic carbocycles. The van der Waals surface area contributed by atoms with E-state index >= 15 is 0 Å². The van der Waals surface area contributed by atoms with Crippen molar-refractivity contribution < 1.29 is 4.79 Å². The summed E-state index contributed by atoms with van der Waals surface area (Å²) in [5, 5.41) is 0. The molecule has 2 amide bonds. The summed E-state index contributed by atoms with van der Waals surface area (Å²) >= 11 is 0. The maximum atomic E-state index is 11.2. The van der Waals surface area contributed by atoms with Gasteiger partial charge in [0.15, 0.2) is 0 Å². The summed E-state index contributed by atoms with van der Waals surface area (Å²) in [7, 11) is 0. The summed E-state index contributed by atoms with van der Waals surface area (Å²) < 4.78 is 0. The fourth-order valence-electron chi connectivity index (χ4n) is 1.79. The molecule has 0 aliphatic carbocycles. The molecule has 0 saturated carbocycles. The number of amides is 2. The van der Waals surface area contributed by atoms with Crippen LogP contribution < -0.4 is 5.73 Å². The molecule has 0 saturated heterocycles. The van der Waals surface area contributed by atoms with Crippen molar-refractivity contribution in [3.05, 3.63) is 0 Å². The number of rotatable bonds is 10. The van der Waals surface area contributed by atoms with Crippen molar-refractivity contribution in [1.82, 2.24) is 4.90 Å². The summed E-state index contributed by atoms with van der Waals surface area (Å²) in [6.07, 6.45) is 9.55. The Hall–Kier alpha value is -0.440. The van der Waals surface area contributed by atoms with Crippen LogP contribution in [-0.4, -0.2) is 24.0 Å². The topological polar surface area (TPSA) is 46.3 Å². The molecule has 104 valence electrons. The molecule has 4 heteroatoms. The molecular formula is C13H29ClN2O. The summed E-state index contributed by atoms with van der Waals surface area (Å²) in [5.74, 6) is 0. The minimum atomic E-state index is -0.256. The maximum Gasteiger partial charge on any atom is 0.314 e. The van der Waals surface area contributed by atoms with Gasteiger partial charge in [0.05, 0.1) is 0 Å². The average Bonchev–Trinajstić information content (AvgIpc) is 2.26. The zero-order valence-electron chi connectivity index (χ0n) is 11.4. The van der Waals surface area contributed by atoms with E-state index in [0.717, 1.165) is 25.9 Å². The zero-order valence-corrected chi connectivity index (χ0v) is 12.2. The standard InChI is InChI=1S/C13H28N2O.ClH/c1-3-5-7-9-11-15(13(14)16)12-10-8-6-4-2;/h3-12H2,1-2H3,(H2,14,16);1H. The number of nitrogens with two attached hydrogens (primary N) is 1. The third-order valence-electron chi connectivity index (χ3n) is 2.87. The van der Waals surface area contributed by atoms with Gasteiger partial charge in [-0.3, -0.25) is 0 Å². The van der Waals surface area contributed by atoms with Gasteiger partial charge in [0.2, 0.25) is 0 Å². The quantitative estimate of drug-likeness (QED) is 0.597. The number of hydrogen-bond donors (Lipinski definition) is 1. The Balaban J connectivity index is 0. The smallest absolute Gasteiger partial charge is 0.314 e. The molecule has 0 radical (unpaired) electrons. The molecule has 0 bridgehead atoms. The largest absolute Gasteiger partial charge is 0.351 e. The molecule has 0 unspecified atom stereocenters. The maximum absolute atomic E-state index is 11.2. The van der Waals surface area contributed by atoms with Gasteiger partial charge in [0.1, 0.15) is 0 Å². The molecular weight excluding hydrogens is 236 g/mol. The first-order valence-corrected chi connectivity index (χ1v) is 6.76. The molecule has 0 heterocycles. The van der Waals surface area contributed by atoms with Crippen molar-refractivity contribution in [3.8, 4) is 0 Å². The summed E-state index contributed by atoms with van der Waals surface area (Å²) in [6, 6.07) is -0.256. The number of carbonyl (C=O) groups is 1. The van der Waals surface area contributed by atoms with Crippen LogP contribution in [0.15, 0.2) is 0 Å². The Labute approximate surface area is 113 Å². The number of urea groups is 1. The van der Waals surface area contributed by atoms with Crippen molar-refractivity contribution in [2.24, 2.45) is 5.73 Å². The summed E-state index contributed by atoms with van der Waals surface area (Å²) in [5.41, 5.74) is 5.35. The number of unbranched alkanes of at least 4 members (excludes halogenated alkanes) is 6. The molecule has 17 heavy (non-hydrogen) atoms. The van der Waals surface area contributed by atoms with Crippen molar-refractivity contribution >= 4 is 18.4 Å². The van der Waals surface area contributed by atoms with Crippen molar-refractivity contribution in [3.63, 3.8) is 0 Å². The van der Waals surface area contributed by atoms with E-state index in [-0.39, 0.29) is 18.4 Å². The van der Waals surface area contributed by atoms with Gasteiger partial charge in [-0.15, -0.1) is 12.4 Å². The van der Waals surface area contributed by atoms with Crippen LogP contribution >= 0.6 is 12.4 Å². The van der Waals surface area contributed by atoms with Gasteiger partial charge >= 0.3 is 6.03 Å². The van der Waals surface area contributed by atoms with Crippen LogP contribution in [0.2, 0.25) is 0 Å². The van der Waals surface area contributed by atoms with Crippen molar-refractivity contribution in [2.45, 2.75) is 65.2 Å². The molecule has 0 aliphatic heterocycles. The molecule has 0 spiro atoms. The molecule has 0 aromatic heterocycles. The Morgan fingerprint density at radius 3 is 1.59 bits per heavy atom. The SMILES string of the molecule is CCCCCCN(CCCCCC)C(N)=O.Cl. The lowest BCUT2D eigenvalue weighted by Crippen LogP contribution is -2.37. The van der Waals surface area contributed by atoms with E-state index in [9.17, 15) is 4.79 Å². The van der Waals surface area contributed by atoms with E-state index in [1.165, 1.54) is 38.5 Å². The molecule has 0 atom stereocenters. The van der Waals surface area contributed by atoms with E-state index in [4.69, 9.17) is 5.73 Å². The van der Waals surface area contributed by atoms with E-state index in [1.54, 1.807) is 4.90 Å². The summed E-state index contributed by atoms with van der Waals surface area (Å²) in [4.78, 5) is 13.0. The normalized spacial score (nSPS) is 9.76. The fourth-order valence-corrected chi connectivity index (χ4v) is 1.79. The highest BCUT2D eigenvalue weighted by Gasteiger charge is 2.07. The Kier molecular flexibility index (Phi) is 15.2. The highest BCUT2D eigenvalue weighted by Crippen LogP contribution is 2.04. The van der Waals surface area contributed by atoms with Crippen LogP contribution in [0, 0.1) is 0 Å². The van der Waals surface area contributed by atoms with Crippen LogP contribution in [0.4, 0.5) is 4.79 Å². The van der Waals surface area contributed by atoms with Crippen LogP contribution in [0.3, 0.4) is 0 Å². The fraction of sp³-hybridized carbons (Fsp3) is 0.923. The lowest BCUT2D eigenvalue weighted by molar-refractivity contribution is 0.205. The predicted molar refractivity (Wildman–Crippen MR) is 76.7 cm³/mol. The van der Waals surface area contributed by atoms with Gasteiger partial charge in [-0.25, -0.2) is 4.79 Å². The monoisotopic (exact) mass is 264 g/mol. The number of carbonyl (C=O) groups excluding carboxylic acids is 1. The highest BCUT2D eigenvalue weighted by molar-refractivity contribution is 5.85. The Morgan fingerprint density at radius 1 is 0.882 bits per heavy atom. The second-order valence-corrected chi connectivity index (χ2v) is 4.45. The molecule has 2 N–H and O–H groups in total. The number of primary amides is 1. The van der Waals surface area contributed by atoms with E-state index < -0.39 is 0 Å². The lowest BCUT2D eigenvalue weighted by atomic mass is 10.2. The molecule has 0 rings (SSSR count). The van der Waals surface area contributed by atoms with Crippen LogP contribution in [0.1, 0.15) is 65.2 Å². The van der Waals surface area contributed by atoms with Crippen LogP contribution in [0.5, 0.6) is 0 Å². The third kappa shape index (κ3) is 11.8. The van der Waals surface area contributed by atoms with E-state index in [0.29, 0.717) is 0 Å². The first-order chi connectivity index (χ1) is 7.72. The van der Waals surface area contributed by atoms with E-state index in [1.807, 2.05) is 0 Å². The summed E-state index contributed by atoms with van der Waals surface area (Å²) in [6.45, 7) is 6.05. The predicted octanol–water partition coefficient (Wildman–Crippen LogP) is 3.95. The molecule has 0 aromatic rings. The Morgan fingerprint density at radius 2 is 1.29 bits per heavy atom. The lowest BCUT2D eigenvalue weighted by Gasteiger charge is -2.20. The second kappa shape index (κ2) is 13.6. The van der Waals surface area contributed by atoms with Gasteiger partial charge in [-0.2, -0.15) is 0 Å². The van der Waals surface area contributed by atoms with Crippen LogP contribution in [0.25, 0.3) is 0 Å². The molecule has 3 nitrogen and oxygen atoms in total. The van der Waals surface area contributed by atoms with Gasteiger partial charge < -0.3 is 10.6 Å². The number of halogens is 1. The van der Waals surface area contributed by atoms with Gasteiger partial charge in [0, 0.05) is 13.1 Å².